The van der Waals surface area contributed by atoms with Crippen molar-refractivity contribution in [2.45, 2.75) is 20.4 Å². The first-order chi connectivity index (χ1) is 9.13. The van der Waals surface area contributed by atoms with Gasteiger partial charge in [-0.05, 0) is 13.8 Å². The smallest absolute Gasteiger partial charge is 0.254 e. The molecule has 7 nitrogen and oxygen atoms in total. The lowest BCUT2D eigenvalue weighted by molar-refractivity contribution is 0.390. The van der Waals surface area contributed by atoms with Crippen molar-refractivity contribution >= 4 is 11.6 Å². The van der Waals surface area contributed by atoms with Crippen molar-refractivity contribution in [3.8, 4) is 0 Å². The van der Waals surface area contributed by atoms with Crippen LogP contribution in [0.3, 0.4) is 0 Å². The molecule has 0 N–H and O–H groups in total. The van der Waals surface area contributed by atoms with Gasteiger partial charge in [-0.25, -0.2) is 4.98 Å². The summed E-state index contributed by atoms with van der Waals surface area (Å²) >= 11 is 0. The van der Waals surface area contributed by atoms with Crippen molar-refractivity contribution in [2.24, 2.45) is 0 Å². The Balaban J connectivity index is 1.96. The Kier molecular flexibility index (Phi) is 2.66. The number of anilines is 1. The maximum Gasteiger partial charge on any atom is 0.254 e. The van der Waals surface area contributed by atoms with Crippen LogP contribution in [0.15, 0.2) is 23.0 Å². The molecule has 0 saturated heterocycles. The van der Waals surface area contributed by atoms with Gasteiger partial charge in [0.25, 0.3) is 5.78 Å². The first-order valence-corrected chi connectivity index (χ1v) is 5.94. The highest BCUT2D eigenvalue weighted by atomic mass is 16.5. The second kappa shape index (κ2) is 4.34. The Morgan fingerprint density at radius 3 is 2.89 bits per heavy atom. The van der Waals surface area contributed by atoms with Gasteiger partial charge in [0.05, 0.1) is 6.54 Å². The number of rotatable bonds is 3. The van der Waals surface area contributed by atoms with Gasteiger partial charge >= 0.3 is 0 Å². The van der Waals surface area contributed by atoms with Gasteiger partial charge in [0.15, 0.2) is 0 Å². The van der Waals surface area contributed by atoms with Gasteiger partial charge in [0, 0.05) is 24.9 Å². The lowest BCUT2D eigenvalue weighted by Gasteiger charge is -2.18. The first kappa shape index (κ1) is 11.6. The van der Waals surface area contributed by atoms with Gasteiger partial charge in [-0.3, -0.25) is 0 Å². The third-order valence-electron chi connectivity index (χ3n) is 2.83. The second-order valence-corrected chi connectivity index (χ2v) is 4.51. The highest BCUT2D eigenvalue weighted by Crippen LogP contribution is 2.16. The molecule has 0 saturated carbocycles. The zero-order valence-electron chi connectivity index (χ0n) is 11.0. The molecule has 0 aliphatic carbocycles. The third-order valence-corrected chi connectivity index (χ3v) is 2.83. The second-order valence-electron chi connectivity index (χ2n) is 4.51. The van der Waals surface area contributed by atoms with E-state index in [9.17, 15) is 0 Å². The number of hydrogen-bond donors (Lipinski definition) is 0. The number of hydrogen-bond acceptors (Lipinski definition) is 6. The lowest BCUT2D eigenvalue weighted by atomic mass is 10.3. The quantitative estimate of drug-likeness (QED) is 0.706. The summed E-state index contributed by atoms with van der Waals surface area (Å²) in [7, 11) is 1.97. The highest BCUT2D eigenvalue weighted by molar-refractivity contribution is 5.46. The Morgan fingerprint density at radius 1 is 1.32 bits per heavy atom. The van der Waals surface area contributed by atoms with E-state index in [0.29, 0.717) is 12.3 Å². The minimum atomic E-state index is 0.596. The van der Waals surface area contributed by atoms with Crippen LogP contribution in [0.25, 0.3) is 5.78 Å². The molecular formula is C12H14N6O. The van der Waals surface area contributed by atoms with Gasteiger partial charge in [-0.15, -0.1) is 0 Å². The zero-order valence-corrected chi connectivity index (χ0v) is 11.0. The van der Waals surface area contributed by atoms with E-state index in [4.69, 9.17) is 4.52 Å². The van der Waals surface area contributed by atoms with Crippen molar-refractivity contribution < 1.29 is 4.52 Å². The van der Waals surface area contributed by atoms with E-state index >= 15 is 0 Å². The zero-order chi connectivity index (χ0) is 13.4. The molecule has 19 heavy (non-hydrogen) atoms. The van der Waals surface area contributed by atoms with Gasteiger partial charge in [0.2, 0.25) is 0 Å². The number of nitrogens with zero attached hydrogens (tertiary/aromatic N) is 6. The van der Waals surface area contributed by atoms with Gasteiger partial charge in [-0.1, -0.05) is 5.16 Å². The molecule has 3 rings (SSSR count). The molecule has 0 radical (unpaired) electrons. The van der Waals surface area contributed by atoms with Gasteiger partial charge < -0.3 is 9.42 Å². The van der Waals surface area contributed by atoms with Crippen LogP contribution in [-0.4, -0.2) is 31.8 Å². The summed E-state index contributed by atoms with van der Waals surface area (Å²) in [6.07, 6.45) is 1.50. The fourth-order valence-corrected chi connectivity index (χ4v) is 2.00. The SMILES string of the molecule is Cc1cc(N(C)Cc2cc(C)on2)n2ncnc2n1. The Hall–Kier alpha value is -2.44. The molecule has 0 bridgehead atoms. The number of aryl methyl sites for hydroxylation is 2. The molecule has 7 heteroatoms. The van der Waals surface area contributed by atoms with E-state index < -0.39 is 0 Å². The number of fused-ring (bicyclic) bond motifs is 1. The molecule has 0 fully saturated rings. The van der Waals surface area contributed by atoms with Crippen molar-refractivity contribution in [2.75, 3.05) is 11.9 Å². The minimum absolute atomic E-state index is 0.596. The summed E-state index contributed by atoms with van der Waals surface area (Å²) in [5.41, 5.74) is 1.78. The summed E-state index contributed by atoms with van der Waals surface area (Å²) in [5, 5.41) is 8.18. The molecule has 3 heterocycles. The molecule has 0 unspecified atom stereocenters. The van der Waals surface area contributed by atoms with Gasteiger partial charge in [-0.2, -0.15) is 14.6 Å². The van der Waals surface area contributed by atoms with E-state index in [2.05, 4.69) is 20.2 Å². The summed E-state index contributed by atoms with van der Waals surface area (Å²) in [5.74, 6) is 2.32. The fraction of sp³-hybridized carbons (Fsp3) is 0.333. The maximum absolute atomic E-state index is 5.07. The Morgan fingerprint density at radius 2 is 2.16 bits per heavy atom. The topological polar surface area (TPSA) is 72.4 Å². The van der Waals surface area contributed by atoms with E-state index in [-0.39, 0.29) is 0 Å². The monoisotopic (exact) mass is 258 g/mol. The van der Waals surface area contributed by atoms with Crippen LogP contribution in [0.4, 0.5) is 5.82 Å². The fourth-order valence-electron chi connectivity index (χ4n) is 2.00. The Labute approximate surface area is 109 Å². The summed E-state index contributed by atoms with van der Waals surface area (Å²) in [4.78, 5) is 10.5. The molecule has 3 aromatic rings. The normalized spacial score (nSPS) is 11.1. The summed E-state index contributed by atoms with van der Waals surface area (Å²) in [6.45, 7) is 4.45. The Bertz CT molecular complexity index is 716. The van der Waals surface area contributed by atoms with E-state index in [1.165, 1.54) is 6.33 Å². The van der Waals surface area contributed by atoms with E-state index in [1.54, 1.807) is 4.52 Å². The van der Waals surface area contributed by atoms with Crippen molar-refractivity contribution in [1.29, 1.82) is 0 Å². The minimum Gasteiger partial charge on any atom is -0.361 e. The molecule has 0 aromatic carbocycles. The van der Waals surface area contributed by atoms with Crippen LogP contribution in [-0.2, 0) is 6.54 Å². The summed E-state index contributed by atoms with van der Waals surface area (Å²) in [6, 6.07) is 3.89. The van der Waals surface area contributed by atoms with Crippen LogP contribution in [0.2, 0.25) is 0 Å². The van der Waals surface area contributed by atoms with E-state index in [0.717, 1.165) is 23.0 Å². The molecule has 0 aliphatic rings. The molecule has 0 amide bonds. The largest absolute Gasteiger partial charge is 0.361 e. The maximum atomic E-state index is 5.07. The van der Waals surface area contributed by atoms with E-state index in [1.807, 2.05) is 37.9 Å². The first-order valence-electron chi connectivity index (χ1n) is 5.94. The van der Waals surface area contributed by atoms with Crippen molar-refractivity contribution in [3.05, 3.63) is 35.6 Å². The number of aromatic nitrogens is 5. The molecule has 98 valence electrons. The van der Waals surface area contributed by atoms with Crippen LogP contribution in [0.1, 0.15) is 17.1 Å². The van der Waals surface area contributed by atoms with Crippen molar-refractivity contribution in [3.63, 3.8) is 0 Å². The highest BCUT2D eigenvalue weighted by Gasteiger charge is 2.12. The van der Waals surface area contributed by atoms with Crippen molar-refractivity contribution in [1.82, 2.24) is 24.7 Å². The average molecular weight is 258 g/mol. The third kappa shape index (κ3) is 2.14. The predicted molar refractivity (Wildman–Crippen MR) is 68.9 cm³/mol. The summed E-state index contributed by atoms with van der Waals surface area (Å²) < 4.78 is 6.78. The van der Waals surface area contributed by atoms with Crippen LogP contribution < -0.4 is 4.90 Å². The molecule has 0 atom stereocenters. The van der Waals surface area contributed by atoms with Crippen LogP contribution in [0.5, 0.6) is 0 Å². The molecule has 3 aromatic heterocycles. The van der Waals surface area contributed by atoms with Crippen LogP contribution in [0, 0.1) is 13.8 Å². The standard InChI is InChI=1S/C12H14N6O/c1-8-4-11(18-12(15-8)13-7-14-18)17(3)6-10-5-9(2)19-16-10/h4-5,7H,6H2,1-3H3. The predicted octanol–water partition coefficient (Wildman–Crippen LogP) is 1.37. The van der Waals surface area contributed by atoms with Crippen LogP contribution >= 0.6 is 0 Å². The molecule has 0 spiro atoms. The molecule has 0 aliphatic heterocycles. The average Bonchev–Trinajstić information content (AvgIpc) is 2.96. The van der Waals surface area contributed by atoms with Gasteiger partial charge in [0.1, 0.15) is 23.6 Å². The lowest BCUT2D eigenvalue weighted by Crippen LogP contribution is -2.20. The molecular weight excluding hydrogens is 244 g/mol.